The smallest absolute Gasteiger partial charge is 0.231 e. The van der Waals surface area contributed by atoms with Crippen molar-refractivity contribution in [2.75, 3.05) is 33.2 Å². The van der Waals surface area contributed by atoms with Gasteiger partial charge in [0.25, 0.3) is 0 Å². The summed E-state index contributed by atoms with van der Waals surface area (Å²) in [7, 11) is 1.84. The van der Waals surface area contributed by atoms with Gasteiger partial charge < -0.3 is 20.1 Å². The molecule has 6 nitrogen and oxygen atoms in total. The van der Waals surface area contributed by atoms with Crippen molar-refractivity contribution in [1.82, 2.24) is 20.7 Å². The van der Waals surface area contributed by atoms with Gasteiger partial charge >= 0.3 is 0 Å². The second-order valence-corrected chi connectivity index (χ2v) is 6.82. The van der Waals surface area contributed by atoms with E-state index in [1.54, 1.807) is 4.90 Å². The fourth-order valence-corrected chi connectivity index (χ4v) is 3.90. The summed E-state index contributed by atoms with van der Waals surface area (Å²) >= 11 is 0. The van der Waals surface area contributed by atoms with Crippen LogP contribution >= 0.6 is 0 Å². The van der Waals surface area contributed by atoms with Gasteiger partial charge in [-0.3, -0.25) is 4.79 Å². The standard InChI is InChI=1S/C18H22N4O2/c1-22(17(23)18-11-19-8-14(18)9-20-12-18)10-15-7-16(21-24-15)13-5-3-2-4-6-13/h2-7,14,19-20H,8-12H2,1H3. The number of carbonyl (C=O) groups excluding carboxylic acids is 1. The molecule has 0 aliphatic carbocycles. The molecule has 0 bridgehead atoms. The third kappa shape index (κ3) is 2.52. The highest BCUT2D eigenvalue weighted by atomic mass is 16.5. The van der Waals surface area contributed by atoms with Crippen LogP contribution in [0.4, 0.5) is 0 Å². The van der Waals surface area contributed by atoms with E-state index in [0.29, 0.717) is 18.2 Å². The molecule has 0 saturated carbocycles. The second-order valence-electron chi connectivity index (χ2n) is 6.82. The van der Waals surface area contributed by atoms with Crippen LogP contribution in [0, 0.1) is 11.3 Å². The highest BCUT2D eigenvalue weighted by Gasteiger charge is 2.52. The second kappa shape index (κ2) is 6.03. The van der Waals surface area contributed by atoms with Gasteiger partial charge in [0.15, 0.2) is 5.76 Å². The van der Waals surface area contributed by atoms with Crippen molar-refractivity contribution in [2.24, 2.45) is 11.3 Å². The maximum absolute atomic E-state index is 13.0. The number of carbonyl (C=O) groups is 1. The quantitative estimate of drug-likeness (QED) is 0.881. The average Bonchev–Trinajstić information content (AvgIpc) is 3.30. The molecule has 4 rings (SSSR count). The van der Waals surface area contributed by atoms with Gasteiger partial charge in [-0.1, -0.05) is 35.5 Å². The molecule has 2 N–H and O–H groups in total. The first-order valence-corrected chi connectivity index (χ1v) is 8.37. The molecule has 126 valence electrons. The van der Waals surface area contributed by atoms with Crippen molar-refractivity contribution in [3.63, 3.8) is 0 Å². The Bertz CT molecular complexity index is 718. The highest BCUT2D eigenvalue weighted by Crippen LogP contribution is 2.36. The molecule has 1 aromatic carbocycles. The van der Waals surface area contributed by atoms with Gasteiger partial charge in [0.05, 0.1) is 12.0 Å². The van der Waals surface area contributed by atoms with Crippen LogP contribution < -0.4 is 10.6 Å². The molecule has 0 spiro atoms. The summed E-state index contributed by atoms with van der Waals surface area (Å²) in [5.74, 6) is 1.26. The Morgan fingerprint density at radius 3 is 2.71 bits per heavy atom. The molecule has 0 radical (unpaired) electrons. The lowest BCUT2D eigenvalue weighted by molar-refractivity contribution is -0.141. The van der Waals surface area contributed by atoms with E-state index in [0.717, 1.165) is 37.4 Å². The minimum atomic E-state index is -0.309. The number of hydrogen-bond acceptors (Lipinski definition) is 5. The number of amides is 1. The molecule has 1 amide bonds. The van der Waals surface area contributed by atoms with Crippen LogP contribution in [0.2, 0.25) is 0 Å². The third-order valence-corrected chi connectivity index (χ3v) is 5.24. The summed E-state index contributed by atoms with van der Waals surface area (Å²) < 4.78 is 5.44. The first-order chi connectivity index (χ1) is 11.7. The van der Waals surface area contributed by atoms with E-state index in [-0.39, 0.29) is 11.3 Å². The van der Waals surface area contributed by atoms with Crippen LogP contribution in [-0.2, 0) is 11.3 Å². The summed E-state index contributed by atoms with van der Waals surface area (Å²) in [5.41, 5.74) is 1.50. The number of fused-ring (bicyclic) bond motifs is 1. The van der Waals surface area contributed by atoms with Crippen LogP contribution in [0.1, 0.15) is 5.76 Å². The summed E-state index contributed by atoms with van der Waals surface area (Å²) in [4.78, 5) is 14.8. The van der Waals surface area contributed by atoms with E-state index < -0.39 is 0 Å². The molecular weight excluding hydrogens is 304 g/mol. The predicted octanol–water partition coefficient (Wildman–Crippen LogP) is 1.11. The molecule has 2 saturated heterocycles. The van der Waals surface area contributed by atoms with Gasteiger partial charge in [-0.25, -0.2) is 0 Å². The van der Waals surface area contributed by atoms with Gasteiger partial charge in [0, 0.05) is 50.8 Å². The van der Waals surface area contributed by atoms with Crippen molar-refractivity contribution >= 4 is 5.91 Å². The maximum Gasteiger partial charge on any atom is 0.231 e. The summed E-state index contributed by atoms with van der Waals surface area (Å²) in [6.45, 7) is 3.76. The lowest BCUT2D eigenvalue weighted by Gasteiger charge is -2.30. The van der Waals surface area contributed by atoms with E-state index in [1.807, 2.05) is 43.4 Å². The Balaban J connectivity index is 1.48. The van der Waals surface area contributed by atoms with Gasteiger partial charge in [-0.05, 0) is 0 Å². The van der Waals surface area contributed by atoms with E-state index in [2.05, 4.69) is 15.8 Å². The number of rotatable bonds is 4. The summed E-state index contributed by atoms with van der Waals surface area (Å²) in [6, 6.07) is 11.8. The van der Waals surface area contributed by atoms with Gasteiger partial charge in [0.1, 0.15) is 5.69 Å². The van der Waals surface area contributed by atoms with Crippen LogP contribution in [0.5, 0.6) is 0 Å². The van der Waals surface area contributed by atoms with Gasteiger partial charge in [-0.2, -0.15) is 0 Å². The van der Waals surface area contributed by atoms with Crippen molar-refractivity contribution in [2.45, 2.75) is 6.54 Å². The molecule has 0 unspecified atom stereocenters. The topological polar surface area (TPSA) is 70.4 Å². The highest BCUT2D eigenvalue weighted by molar-refractivity contribution is 5.84. The first-order valence-electron chi connectivity index (χ1n) is 8.37. The number of hydrogen-bond donors (Lipinski definition) is 2. The fraction of sp³-hybridized carbons (Fsp3) is 0.444. The predicted molar refractivity (Wildman–Crippen MR) is 90.1 cm³/mol. The molecule has 2 aliphatic rings. The maximum atomic E-state index is 13.0. The van der Waals surface area contributed by atoms with Crippen LogP contribution in [0.15, 0.2) is 40.9 Å². The van der Waals surface area contributed by atoms with Crippen LogP contribution in [0.25, 0.3) is 11.3 Å². The molecule has 2 aliphatic heterocycles. The van der Waals surface area contributed by atoms with Crippen LogP contribution in [0.3, 0.4) is 0 Å². The molecule has 3 heterocycles. The van der Waals surface area contributed by atoms with Crippen molar-refractivity contribution in [3.8, 4) is 11.3 Å². The Morgan fingerprint density at radius 2 is 2.00 bits per heavy atom. The molecular formula is C18H22N4O2. The minimum absolute atomic E-state index is 0.181. The zero-order chi connectivity index (χ0) is 16.6. The number of benzene rings is 1. The number of nitrogens with zero attached hydrogens (tertiary/aromatic N) is 2. The van der Waals surface area contributed by atoms with Crippen molar-refractivity contribution in [1.29, 1.82) is 0 Å². The Kier molecular flexibility index (Phi) is 3.86. The minimum Gasteiger partial charge on any atom is -0.359 e. The normalized spacial score (nSPS) is 25.6. The van der Waals surface area contributed by atoms with E-state index in [9.17, 15) is 4.79 Å². The number of nitrogens with one attached hydrogen (secondary N) is 2. The Morgan fingerprint density at radius 1 is 1.29 bits per heavy atom. The zero-order valence-corrected chi connectivity index (χ0v) is 13.8. The Hall–Kier alpha value is -2.18. The van der Waals surface area contributed by atoms with Crippen molar-refractivity contribution < 1.29 is 9.32 Å². The SMILES string of the molecule is CN(Cc1cc(-c2ccccc2)no1)C(=O)C12CNCC1CNC2. The molecule has 1 aromatic heterocycles. The first kappa shape index (κ1) is 15.4. The van der Waals surface area contributed by atoms with Gasteiger partial charge in [-0.15, -0.1) is 0 Å². The molecule has 24 heavy (non-hydrogen) atoms. The average molecular weight is 326 g/mol. The molecule has 6 heteroatoms. The monoisotopic (exact) mass is 326 g/mol. The van der Waals surface area contributed by atoms with Gasteiger partial charge in [0.2, 0.25) is 5.91 Å². The Labute approximate surface area is 141 Å². The van der Waals surface area contributed by atoms with Crippen LogP contribution in [-0.4, -0.2) is 49.2 Å². The lowest BCUT2D eigenvalue weighted by Crippen LogP contribution is -2.47. The van der Waals surface area contributed by atoms with E-state index in [1.165, 1.54) is 0 Å². The van der Waals surface area contributed by atoms with E-state index >= 15 is 0 Å². The van der Waals surface area contributed by atoms with E-state index in [4.69, 9.17) is 4.52 Å². The number of aromatic nitrogens is 1. The largest absolute Gasteiger partial charge is 0.359 e. The molecule has 0 atom stereocenters. The van der Waals surface area contributed by atoms with Crippen molar-refractivity contribution in [3.05, 3.63) is 42.2 Å². The molecule has 2 fully saturated rings. The fourth-order valence-electron chi connectivity index (χ4n) is 3.90. The summed E-state index contributed by atoms with van der Waals surface area (Å²) in [5, 5.41) is 10.9. The zero-order valence-electron chi connectivity index (χ0n) is 13.8. The lowest BCUT2D eigenvalue weighted by atomic mass is 9.79. The summed E-state index contributed by atoms with van der Waals surface area (Å²) in [6.07, 6.45) is 0. The molecule has 2 aromatic rings. The third-order valence-electron chi connectivity index (χ3n) is 5.24.